The highest BCUT2D eigenvalue weighted by atomic mass is 32.2. The van der Waals surface area contributed by atoms with Crippen LogP contribution in [-0.4, -0.2) is 25.8 Å². The Bertz CT molecular complexity index is 561. The molecule has 1 aromatic carbocycles. The first-order chi connectivity index (χ1) is 9.48. The summed E-state index contributed by atoms with van der Waals surface area (Å²) in [6, 6.07) is 5.18. The number of hydrogen-bond donors (Lipinski definition) is 1. The van der Waals surface area contributed by atoms with Crippen molar-refractivity contribution in [2.24, 2.45) is 5.92 Å². The summed E-state index contributed by atoms with van der Waals surface area (Å²) in [6.07, 6.45) is 3.74. The quantitative estimate of drug-likeness (QED) is 0.869. The van der Waals surface area contributed by atoms with Crippen LogP contribution in [0.1, 0.15) is 38.7 Å². The maximum absolute atomic E-state index is 12.8. The van der Waals surface area contributed by atoms with E-state index < -0.39 is 10.0 Å². The molecule has 1 fully saturated rings. The Hall–Kier alpha value is -1.07. The standard InChI is InChI=1S/C15H24N2O2S/c1-3-12-7-9-17(10-8-12)20(18,19)15-11-14(16)6-5-13(15)4-2/h5-6,11-12H,3-4,7-10,16H2,1-2H3. The van der Waals surface area contributed by atoms with Crippen LogP contribution in [0.2, 0.25) is 0 Å². The second-order valence-electron chi connectivity index (χ2n) is 5.48. The summed E-state index contributed by atoms with van der Waals surface area (Å²) >= 11 is 0. The number of nitrogen functional groups attached to an aromatic ring is 1. The molecule has 0 amide bonds. The number of sulfonamides is 1. The minimum Gasteiger partial charge on any atom is -0.399 e. The summed E-state index contributed by atoms with van der Waals surface area (Å²) in [5.41, 5.74) is 7.12. The largest absolute Gasteiger partial charge is 0.399 e. The van der Waals surface area contributed by atoms with Crippen molar-refractivity contribution in [3.8, 4) is 0 Å². The van der Waals surface area contributed by atoms with Gasteiger partial charge in [0.1, 0.15) is 0 Å². The van der Waals surface area contributed by atoms with Crippen LogP contribution in [0.3, 0.4) is 0 Å². The summed E-state index contributed by atoms with van der Waals surface area (Å²) in [7, 11) is -3.41. The summed E-state index contributed by atoms with van der Waals surface area (Å²) in [6.45, 7) is 5.38. The zero-order valence-electron chi connectivity index (χ0n) is 12.3. The third-order valence-corrected chi connectivity index (χ3v) is 6.22. The van der Waals surface area contributed by atoms with Crippen molar-refractivity contribution < 1.29 is 8.42 Å². The minimum absolute atomic E-state index is 0.384. The van der Waals surface area contributed by atoms with E-state index in [-0.39, 0.29) is 0 Å². The van der Waals surface area contributed by atoms with Crippen LogP contribution in [0, 0.1) is 5.92 Å². The van der Waals surface area contributed by atoms with Crippen molar-refractivity contribution in [3.63, 3.8) is 0 Å². The molecule has 0 spiro atoms. The van der Waals surface area contributed by atoms with Gasteiger partial charge in [0.15, 0.2) is 0 Å². The van der Waals surface area contributed by atoms with Crippen molar-refractivity contribution in [2.75, 3.05) is 18.8 Å². The fraction of sp³-hybridized carbons (Fsp3) is 0.600. The van der Waals surface area contributed by atoms with Crippen molar-refractivity contribution in [2.45, 2.75) is 44.4 Å². The number of aryl methyl sites for hydroxylation is 1. The molecule has 0 atom stereocenters. The fourth-order valence-electron chi connectivity index (χ4n) is 2.80. The van der Waals surface area contributed by atoms with Crippen molar-refractivity contribution in [1.82, 2.24) is 4.31 Å². The van der Waals surface area contributed by atoms with E-state index in [9.17, 15) is 8.42 Å². The van der Waals surface area contributed by atoms with Gasteiger partial charge >= 0.3 is 0 Å². The molecule has 0 aliphatic carbocycles. The number of nitrogens with zero attached hydrogens (tertiary/aromatic N) is 1. The van der Waals surface area contributed by atoms with Crippen LogP contribution in [0.4, 0.5) is 5.69 Å². The molecule has 0 bridgehead atoms. The summed E-state index contributed by atoms with van der Waals surface area (Å²) in [5.74, 6) is 0.660. The number of hydrogen-bond acceptors (Lipinski definition) is 3. The molecule has 1 aliphatic heterocycles. The number of benzene rings is 1. The Morgan fingerprint density at radius 2 is 1.90 bits per heavy atom. The molecule has 112 valence electrons. The maximum atomic E-state index is 12.8. The molecule has 0 saturated carbocycles. The number of rotatable bonds is 4. The molecular formula is C15H24N2O2S. The van der Waals surface area contributed by atoms with E-state index in [0.717, 1.165) is 24.8 Å². The highest BCUT2D eigenvalue weighted by Crippen LogP contribution is 2.28. The predicted octanol–water partition coefficient (Wildman–Crippen LogP) is 2.64. The van der Waals surface area contributed by atoms with Gasteiger partial charge < -0.3 is 5.73 Å². The van der Waals surface area contributed by atoms with E-state index >= 15 is 0 Å². The minimum atomic E-state index is -3.41. The Labute approximate surface area is 122 Å². The van der Waals surface area contributed by atoms with E-state index in [1.807, 2.05) is 13.0 Å². The molecule has 0 unspecified atom stereocenters. The second-order valence-corrected chi connectivity index (χ2v) is 7.38. The fourth-order valence-corrected chi connectivity index (χ4v) is 4.60. The lowest BCUT2D eigenvalue weighted by Gasteiger charge is -2.31. The molecule has 1 aliphatic rings. The van der Waals surface area contributed by atoms with E-state index in [0.29, 0.717) is 36.0 Å². The monoisotopic (exact) mass is 296 g/mol. The van der Waals surface area contributed by atoms with Crippen LogP contribution in [0.5, 0.6) is 0 Å². The zero-order chi connectivity index (χ0) is 14.8. The molecule has 1 aromatic rings. The van der Waals surface area contributed by atoms with Crippen molar-refractivity contribution in [3.05, 3.63) is 23.8 Å². The first kappa shape index (κ1) is 15.3. The third kappa shape index (κ3) is 2.99. The highest BCUT2D eigenvalue weighted by molar-refractivity contribution is 7.89. The van der Waals surface area contributed by atoms with Crippen LogP contribution in [0.25, 0.3) is 0 Å². The molecule has 1 heterocycles. The first-order valence-electron chi connectivity index (χ1n) is 7.37. The van der Waals surface area contributed by atoms with Gasteiger partial charge in [-0.05, 0) is 42.9 Å². The van der Waals surface area contributed by atoms with Crippen molar-refractivity contribution >= 4 is 15.7 Å². The lowest BCUT2D eigenvalue weighted by Crippen LogP contribution is -2.38. The zero-order valence-corrected chi connectivity index (χ0v) is 13.1. The van der Waals surface area contributed by atoms with Gasteiger partial charge in [-0.25, -0.2) is 8.42 Å². The van der Waals surface area contributed by atoms with E-state index in [1.165, 1.54) is 0 Å². The average molecular weight is 296 g/mol. The summed E-state index contributed by atoms with van der Waals surface area (Å²) < 4.78 is 27.2. The van der Waals surface area contributed by atoms with E-state index in [1.54, 1.807) is 16.4 Å². The van der Waals surface area contributed by atoms with Gasteiger partial charge in [-0.2, -0.15) is 4.31 Å². The molecule has 1 saturated heterocycles. The molecule has 0 aromatic heterocycles. The van der Waals surface area contributed by atoms with Gasteiger partial charge in [0.25, 0.3) is 0 Å². The normalized spacial score (nSPS) is 18.3. The van der Waals surface area contributed by atoms with Gasteiger partial charge in [0.2, 0.25) is 10.0 Å². The highest BCUT2D eigenvalue weighted by Gasteiger charge is 2.30. The summed E-state index contributed by atoms with van der Waals surface area (Å²) in [4.78, 5) is 0.384. The van der Waals surface area contributed by atoms with Gasteiger partial charge in [-0.15, -0.1) is 0 Å². The molecule has 2 N–H and O–H groups in total. The maximum Gasteiger partial charge on any atom is 0.243 e. The molecule has 0 radical (unpaired) electrons. The van der Waals surface area contributed by atoms with Crippen LogP contribution < -0.4 is 5.73 Å². The Kier molecular flexibility index (Phi) is 4.70. The smallest absolute Gasteiger partial charge is 0.243 e. The Morgan fingerprint density at radius 1 is 1.25 bits per heavy atom. The topological polar surface area (TPSA) is 63.4 Å². The lowest BCUT2D eigenvalue weighted by molar-refractivity contribution is 0.269. The van der Waals surface area contributed by atoms with Crippen LogP contribution >= 0.6 is 0 Å². The molecule has 5 heteroatoms. The van der Waals surface area contributed by atoms with Gasteiger partial charge in [0.05, 0.1) is 4.90 Å². The molecule has 4 nitrogen and oxygen atoms in total. The van der Waals surface area contributed by atoms with E-state index in [4.69, 9.17) is 5.73 Å². The van der Waals surface area contributed by atoms with E-state index in [2.05, 4.69) is 6.92 Å². The molecule has 2 rings (SSSR count). The SMILES string of the molecule is CCc1ccc(N)cc1S(=O)(=O)N1CCC(CC)CC1. The second kappa shape index (κ2) is 6.14. The van der Waals surface area contributed by atoms with Gasteiger partial charge in [-0.3, -0.25) is 0 Å². The number of nitrogens with two attached hydrogens (primary N) is 1. The third-order valence-electron chi connectivity index (χ3n) is 4.24. The number of piperidine rings is 1. The van der Waals surface area contributed by atoms with Crippen molar-refractivity contribution in [1.29, 1.82) is 0 Å². The van der Waals surface area contributed by atoms with Crippen LogP contribution in [0.15, 0.2) is 23.1 Å². The number of anilines is 1. The van der Waals surface area contributed by atoms with Crippen LogP contribution in [-0.2, 0) is 16.4 Å². The molecule has 20 heavy (non-hydrogen) atoms. The first-order valence-corrected chi connectivity index (χ1v) is 8.81. The average Bonchev–Trinajstić information content (AvgIpc) is 2.47. The molecular weight excluding hydrogens is 272 g/mol. The Balaban J connectivity index is 2.29. The summed E-state index contributed by atoms with van der Waals surface area (Å²) in [5, 5.41) is 0. The van der Waals surface area contributed by atoms with Gasteiger partial charge in [0, 0.05) is 18.8 Å². The predicted molar refractivity (Wildman–Crippen MR) is 82.0 cm³/mol. The van der Waals surface area contributed by atoms with Gasteiger partial charge in [-0.1, -0.05) is 26.3 Å². The Morgan fingerprint density at radius 3 is 2.45 bits per heavy atom. The lowest BCUT2D eigenvalue weighted by atomic mass is 9.96.